The molecule has 0 saturated carbocycles. The summed E-state index contributed by atoms with van der Waals surface area (Å²) in [7, 11) is 0. The lowest BCUT2D eigenvalue weighted by atomic mass is 10.1. The van der Waals surface area contributed by atoms with Gasteiger partial charge in [-0.25, -0.2) is 0 Å². The molecule has 1 heterocycles. The van der Waals surface area contributed by atoms with Crippen LogP contribution in [-0.2, 0) is 6.42 Å². The van der Waals surface area contributed by atoms with Gasteiger partial charge in [-0.3, -0.25) is 4.98 Å². The van der Waals surface area contributed by atoms with Crippen LogP contribution in [0.15, 0.2) is 36.4 Å². The maximum Gasteiger partial charge on any atom is 0.0705 e. The van der Waals surface area contributed by atoms with Gasteiger partial charge in [0.05, 0.1) is 5.52 Å². The van der Waals surface area contributed by atoms with Crippen LogP contribution in [0.3, 0.4) is 0 Å². The van der Waals surface area contributed by atoms with Crippen molar-refractivity contribution in [3.63, 3.8) is 0 Å². The van der Waals surface area contributed by atoms with Gasteiger partial charge >= 0.3 is 0 Å². The lowest BCUT2D eigenvalue weighted by Gasteiger charge is -2.01. The predicted molar refractivity (Wildman–Crippen MR) is 63.9 cm³/mol. The molecule has 0 atom stereocenters. The first kappa shape index (κ1) is 9.53. The van der Waals surface area contributed by atoms with Gasteiger partial charge in [-0.05, 0) is 30.7 Å². The van der Waals surface area contributed by atoms with Crippen LogP contribution in [0.1, 0.15) is 12.1 Å². The van der Waals surface area contributed by atoms with E-state index in [2.05, 4.69) is 41.9 Å². The highest BCUT2D eigenvalue weighted by molar-refractivity contribution is 7.80. The topological polar surface area (TPSA) is 12.9 Å². The Hall–Kier alpha value is -1.02. The minimum atomic E-state index is 0.925. The van der Waals surface area contributed by atoms with Gasteiger partial charge in [0.2, 0.25) is 0 Å². The Balaban J connectivity index is 2.32. The van der Waals surface area contributed by atoms with Crippen molar-refractivity contribution in [2.75, 3.05) is 5.75 Å². The Morgan fingerprint density at radius 2 is 1.93 bits per heavy atom. The number of thiol groups is 1. The molecule has 0 fully saturated rings. The fraction of sp³-hybridized carbons (Fsp3) is 0.250. The molecule has 1 nitrogen and oxygen atoms in total. The van der Waals surface area contributed by atoms with Crippen molar-refractivity contribution < 1.29 is 0 Å². The van der Waals surface area contributed by atoms with Crippen molar-refractivity contribution in [3.8, 4) is 0 Å². The zero-order valence-electron chi connectivity index (χ0n) is 7.98. The van der Waals surface area contributed by atoms with Crippen molar-refractivity contribution in [1.82, 2.24) is 4.98 Å². The Bertz CT molecular complexity index is 425. The molecule has 0 bridgehead atoms. The van der Waals surface area contributed by atoms with E-state index in [4.69, 9.17) is 0 Å². The molecule has 1 aromatic heterocycles. The van der Waals surface area contributed by atoms with E-state index in [9.17, 15) is 0 Å². The number of hydrogen-bond acceptors (Lipinski definition) is 2. The Morgan fingerprint density at radius 1 is 1.07 bits per heavy atom. The number of benzene rings is 1. The van der Waals surface area contributed by atoms with Crippen molar-refractivity contribution >= 4 is 23.5 Å². The predicted octanol–water partition coefficient (Wildman–Crippen LogP) is 3.10. The largest absolute Gasteiger partial charge is 0.253 e. The Morgan fingerprint density at radius 3 is 2.79 bits per heavy atom. The van der Waals surface area contributed by atoms with E-state index in [1.165, 1.54) is 5.39 Å². The zero-order chi connectivity index (χ0) is 9.80. The molecule has 2 rings (SSSR count). The zero-order valence-corrected chi connectivity index (χ0v) is 8.87. The van der Waals surface area contributed by atoms with E-state index < -0.39 is 0 Å². The van der Waals surface area contributed by atoms with E-state index in [0.29, 0.717) is 0 Å². The van der Waals surface area contributed by atoms with Crippen molar-refractivity contribution in [1.29, 1.82) is 0 Å². The molecule has 0 aliphatic carbocycles. The summed E-state index contributed by atoms with van der Waals surface area (Å²) in [6, 6.07) is 12.4. The molecular formula is C12H13NS. The molecule has 0 saturated heterocycles. The summed E-state index contributed by atoms with van der Waals surface area (Å²) in [5, 5.41) is 1.21. The Labute approximate surface area is 89.6 Å². The molecule has 0 aliphatic heterocycles. The third kappa shape index (κ3) is 2.07. The Kier molecular flexibility index (Phi) is 3.04. The van der Waals surface area contributed by atoms with Crippen molar-refractivity contribution in [3.05, 3.63) is 42.1 Å². The van der Waals surface area contributed by atoms with Gasteiger partial charge in [-0.15, -0.1) is 0 Å². The molecule has 0 spiro atoms. The molecule has 2 aromatic rings. The first-order valence-corrected chi connectivity index (χ1v) is 5.49. The second-order valence-corrected chi connectivity index (χ2v) is 3.77. The molecule has 0 unspecified atom stereocenters. The number of aryl methyl sites for hydroxylation is 1. The molecule has 0 amide bonds. The second-order valence-electron chi connectivity index (χ2n) is 3.32. The van der Waals surface area contributed by atoms with Gasteiger partial charge < -0.3 is 0 Å². The van der Waals surface area contributed by atoms with Crippen LogP contribution in [-0.4, -0.2) is 10.7 Å². The number of fused-ring (bicyclic) bond motifs is 1. The molecule has 0 aliphatic rings. The lowest BCUT2D eigenvalue weighted by molar-refractivity contribution is 0.902. The summed E-state index contributed by atoms with van der Waals surface area (Å²) in [6.07, 6.45) is 2.11. The van der Waals surface area contributed by atoms with E-state index in [-0.39, 0.29) is 0 Å². The first-order chi connectivity index (χ1) is 6.90. The highest BCUT2D eigenvalue weighted by atomic mass is 32.1. The molecule has 72 valence electrons. The number of rotatable bonds is 3. The van der Waals surface area contributed by atoms with Gasteiger partial charge in [0.1, 0.15) is 0 Å². The van der Waals surface area contributed by atoms with E-state index >= 15 is 0 Å². The first-order valence-electron chi connectivity index (χ1n) is 4.86. The third-order valence-electron chi connectivity index (χ3n) is 2.25. The molecular weight excluding hydrogens is 190 g/mol. The third-order valence-corrected chi connectivity index (χ3v) is 2.56. The van der Waals surface area contributed by atoms with Crippen molar-refractivity contribution in [2.24, 2.45) is 0 Å². The van der Waals surface area contributed by atoms with Crippen LogP contribution in [0.2, 0.25) is 0 Å². The van der Waals surface area contributed by atoms with Gasteiger partial charge in [0.15, 0.2) is 0 Å². The van der Waals surface area contributed by atoms with E-state index in [0.717, 1.165) is 29.8 Å². The normalized spacial score (nSPS) is 10.6. The highest BCUT2D eigenvalue weighted by Crippen LogP contribution is 2.12. The summed E-state index contributed by atoms with van der Waals surface area (Å²) < 4.78 is 0. The quantitative estimate of drug-likeness (QED) is 0.756. The average molecular weight is 203 g/mol. The highest BCUT2D eigenvalue weighted by Gasteiger charge is 1.96. The van der Waals surface area contributed by atoms with Crippen LogP contribution in [0, 0.1) is 0 Å². The number of nitrogens with zero attached hydrogens (tertiary/aromatic N) is 1. The fourth-order valence-electron chi connectivity index (χ4n) is 1.51. The van der Waals surface area contributed by atoms with Crippen LogP contribution in [0.25, 0.3) is 10.9 Å². The fourth-order valence-corrected chi connectivity index (χ4v) is 1.67. The molecule has 1 aromatic carbocycles. The van der Waals surface area contributed by atoms with Gasteiger partial charge in [0, 0.05) is 11.1 Å². The average Bonchev–Trinajstić information content (AvgIpc) is 2.26. The molecule has 0 radical (unpaired) electrons. The SMILES string of the molecule is SCCCc1ccc2ccccc2n1. The van der Waals surface area contributed by atoms with Gasteiger partial charge in [0.25, 0.3) is 0 Å². The standard InChI is InChI=1S/C12H13NS/c14-9-3-5-11-8-7-10-4-1-2-6-12(10)13-11/h1-2,4,6-8,14H,3,5,9H2. The van der Waals surface area contributed by atoms with Gasteiger partial charge in [-0.1, -0.05) is 24.3 Å². The van der Waals surface area contributed by atoms with E-state index in [1.54, 1.807) is 0 Å². The maximum absolute atomic E-state index is 4.58. The monoisotopic (exact) mass is 203 g/mol. The molecule has 14 heavy (non-hydrogen) atoms. The number of pyridine rings is 1. The number of para-hydroxylation sites is 1. The van der Waals surface area contributed by atoms with Crippen LogP contribution in [0.5, 0.6) is 0 Å². The molecule has 0 N–H and O–H groups in total. The van der Waals surface area contributed by atoms with Crippen molar-refractivity contribution in [2.45, 2.75) is 12.8 Å². The second kappa shape index (κ2) is 4.47. The number of hydrogen-bond donors (Lipinski definition) is 1. The van der Waals surface area contributed by atoms with Crippen LogP contribution in [0.4, 0.5) is 0 Å². The minimum absolute atomic E-state index is 0.925. The smallest absolute Gasteiger partial charge is 0.0705 e. The summed E-state index contributed by atoms with van der Waals surface area (Å²) in [5.74, 6) is 0.925. The lowest BCUT2D eigenvalue weighted by Crippen LogP contribution is -1.91. The summed E-state index contributed by atoms with van der Waals surface area (Å²) in [4.78, 5) is 4.58. The number of aromatic nitrogens is 1. The van der Waals surface area contributed by atoms with Gasteiger partial charge in [-0.2, -0.15) is 12.6 Å². The minimum Gasteiger partial charge on any atom is -0.253 e. The summed E-state index contributed by atoms with van der Waals surface area (Å²) in [6.45, 7) is 0. The van der Waals surface area contributed by atoms with Crippen LogP contribution < -0.4 is 0 Å². The van der Waals surface area contributed by atoms with Crippen LogP contribution >= 0.6 is 12.6 Å². The summed E-state index contributed by atoms with van der Waals surface area (Å²) >= 11 is 4.20. The maximum atomic E-state index is 4.58. The summed E-state index contributed by atoms with van der Waals surface area (Å²) in [5.41, 5.74) is 2.25. The van der Waals surface area contributed by atoms with E-state index in [1.807, 2.05) is 12.1 Å². The molecule has 2 heteroatoms.